The van der Waals surface area contributed by atoms with E-state index in [1.165, 1.54) is 12.8 Å². The summed E-state index contributed by atoms with van der Waals surface area (Å²) in [5.41, 5.74) is 0. The van der Waals surface area contributed by atoms with Crippen LogP contribution in [0.15, 0.2) is 0 Å². The predicted octanol–water partition coefficient (Wildman–Crippen LogP) is 1.98. The van der Waals surface area contributed by atoms with Crippen molar-refractivity contribution in [2.24, 2.45) is 0 Å². The maximum atomic E-state index is 5.55. The third-order valence-electron chi connectivity index (χ3n) is 1.94. The van der Waals surface area contributed by atoms with Gasteiger partial charge in [0.2, 0.25) is 0 Å². The van der Waals surface area contributed by atoms with Crippen LogP contribution in [-0.4, -0.2) is 25.4 Å². The zero-order valence-corrected chi connectivity index (χ0v) is 7.51. The zero-order valence-electron chi connectivity index (χ0n) is 7.51. The molecule has 2 nitrogen and oxygen atoms in total. The van der Waals surface area contributed by atoms with Gasteiger partial charge in [-0.05, 0) is 13.3 Å². The van der Waals surface area contributed by atoms with Crippen LogP contribution in [0.4, 0.5) is 0 Å². The van der Waals surface area contributed by atoms with E-state index < -0.39 is 0 Å². The van der Waals surface area contributed by atoms with Gasteiger partial charge < -0.3 is 9.47 Å². The second-order valence-electron chi connectivity index (χ2n) is 3.06. The van der Waals surface area contributed by atoms with Crippen molar-refractivity contribution in [2.75, 3.05) is 13.2 Å². The largest absolute Gasteiger partial charge is 0.378 e. The number of hydrogen-bond donors (Lipinski definition) is 0. The SMILES string of the molecule is CCCC(CC1CO1)OCC. The molecule has 1 aliphatic rings. The van der Waals surface area contributed by atoms with E-state index in [2.05, 4.69) is 13.8 Å². The Morgan fingerprint density at radius 3 is 2.73 bits per heavy atom. The molecule has 0 saturated carbocycles. The van der Waals surface area contributed by atoms with E-state index in [0.717, 1.165) is 19.6 Å². The quantitative estimate of drug-likeness (QED) is 0.551. The monoisotopic (exact) mass is 158 g/mol. The molecule has 0 aliphatic carbocycles. The van der Waals surface area contributed by atoms with Gasteiger partial charge in [-0.3, -0.25) is 0 Å². The average molecular weight is 158 g/mol. The summed E-state index contributed by atoms with van der Waals surface area (Å²) in [7, 11) is 0. The van der Waals surface area contributed by atoms with E-state index in [-0.39, 0.29) is 0 Å². The minimum absolute atomic E-state index is 0.442. The molecule has 1 heterocycles. The van der Waals surface area contributed by atoms with Crippen LogP contribution in [-0.2, 0) is 9.47 Å². The van der Waals surface area contributed by atoms with Gasteiger partial charge in [0.05, 0.1) is 18.8 Å². The van der Waals surface area contributed by atoms with Gasteiger partial charge in [0.1, 0.15) is 0 Å². The Labute approximate surface area is 68.9 Å². The number of epoxide rings is 1. The fraction of sp³-hybridized carbons (Fsp3) is 1.00. The molecule has 0 aromatic heterocycles. The Morgan fingerprint density at radius 2 is 2.27 bits per heavy atom. The Kier molecular flexibility index (Phi) is 3.87. The fourth-order valence-electron chi connectivity index (χ4n) is 1.32. The van der Waals surface area contributed by atoms with Crippen LogP contribution >= 0.6 is 0 Å². The minimum Gasteiger partial charge on any atom is -0.378 e. The summed E-state index contributed by atoms with van der Waals surface area (Å²) in [4.78, 5) is 0. The van der Waals surface area contributed by atoms with Gasteiger partial charge in [-0.25, -0.2) is 0 Å². The van der Waals surface area contributed by atoms with Crippen LogP contribution in [0.5, 0.6) is 0 Å². The minimum atomic E-state index is 0.442. The fourth-order valence-corrected chi connectivity index (χ4v) is 1.32. The van der Waals surface area contributed by atoms with Crippen LogP contribution in [0.3, 0.4) is 0 Å². The van der Waals surface area contributed by atoms with Gasteiger partial charge in [0, 0.05) is 13.0 Å². The number of ether oxygens (including phenoxy) is 2. The molecule has 0 bridgehead atoms. The van der Waals surface area contributed by atoms with Crippen molar-refractivity contribution in [3.63, 3.8) is 0 Å². The van der Waals surface area contributed by atoms with E-state index in [1.54, 1.807) is 0 Å². The van der Waals surface area contributed by atoms with Crippen LogP contribution in [0.1, 0.15) is 33.1 Å². The topological polar surface area (TPSA) is 21.8 Å². The molecule has 0 aromatic carbocycles. The standard InChI is InChI=1S/C9H18O2/c1-3-5-8(10-4-2)6-9-7-11-9/h8-9H,3-7H2,1-2H3. The van der Waals surface area contributed by atoms with E-state index in [4.69, 9.17) is 9.47 Å². The lowest BCUT2D eigenvalue weighted by atomic mass is 10.1. The lowest BCUT2D eigenvalue weighted by Gasteiger charge is -2.14. The summed E-state index contributed by atoms with van der Waals surface area (Å²) in [5, 5.41) is 0. The van der Waals surface area contributed by atoms with Gasteiger partial charge >= 0.3 is 0 Å². The van der Waals surface area contributed by atoms with E-state index in [1.807, 2.05) is 0 Å². The molecule has 1 aliphatic heterocycles. The van der Waals surface area contributed by atoms with Crippen molar-refractivity contribution in [3.8, 4) is 0 Å². The maximum absolute atomic E-state index is 5.55. The summed E-state index contributed by atoms with van der Waals surface area (Å²) in [5.74, 6) is 0. The Bertz CT molecular complexity index is 93.7. The summed E-state index contributed by atoms with van der Waals surface area (Å²) in [6.07, 6.45) is 4.43. The second-order valence-corrected chi connectivity index (χ2v) is 3.06. The first kappa shape index (κ1) is 9.01. The Balaban J connectivity index is 2.08. The van der Waals surface area contributed by atoms with Gasteiger partial charge in [0.15, 0.2) is 0 Å². The maximum Gasteiger partial charge on any atom is 0.0834 e. The van der Waals surface area contributed by atoms with E-state index >= 15 is 0 Å². The predicted molar refractivity (Wildman–Crippen MR) is 44.7 cm³/mol. The number of hydrogen-bond acceptors (Lipinski definition) is 2. The molecule has 2 atom stereocenters. The highest BCUT2D eigenvalue weighted by molar-refractivity contribution is 4.74. The van der Waals surface area contributed by atoms with E-state index in [0.29, 0.717) is 12.2 Å². The van der Waals surface area contributed by atoms with Gasteiger partial charge in [-0.2, -0.15) is 0 Å². The van der Waals surface area contributed by atoms with Crippen LogP contribution < -0.4 is 0 Å². The van der Waals surface area contributed by atoms with Crippen molar-refractivity contribution in [1.29, 1.82) is 0 Å². The molecule has 1 saturated heterocycles. The van der Waals surface area contributed by atoms with Crippen molar-refractivity contribution < 1.29 is 9.47 Å². The third-order valence-corrected chi connectivity index (χ3v) is 1.94. The highest BCUT2D eigenvalue weighted by Crippen LogP contribution is 2.19. The molecule has 66 valence electrons. The van der Waals surface area contributed by atoms with Crippen LogP contribution in [0, 0.1) is 0 Å². The highest BCUT2D eigenvalue weighted by atomic mass is 16.6. The molecule has 1 rings (SSSR count). The van der Waals surface area contributed by atoms with Crippen molar-refractivity contribution in [2.45, 2.75) is 45.3 Å². The molecular weight excluding hydrogens is 140 g/mol. The van der Waals surface area contributed by atoms with Gasteiger partial charge in [0.25, 0.3) is 0 Å². The lowest BCUT2D eigenvalue weighted by molar-refractivity contribution is 0.0449. The Hall–Kier alpha value is -0.0800. The average Bonchev–Trinajstić information content (AvgIpc) is 2.73. The first-order valence-corrected chi connectivity index (χ1v) is 4.60. The first-order valence-electron chi connectivity index (χ1n) is 4.60. The lowest BCUT2D eigenvalue weighted by Crippen LogP contribution is -2.15. The zero-order chi connectivity index (χ0) is 8.10. The van der Waals surface area contributed by atoms with E-state index in [9.17, 15) is 0 Å². The molecule has 1 fully saturated rings. The molecule has 0 N–H and O–H groups in total. The van der Waals surface area contributed by atoms with Crippen LogP contribution in [0.2, 0.25) is 0 Å². The van der Waals surface area contributed by atoms with Crippen molar-refractivity contribution in [3.05, 3.63) is 0 Å². The Morgan fingerprint density at radius 1 is 1.55 bits per heavy atom. The smallest absolute Gasteiger partial charge is 0.0834 e. The molecule has 2 heteroatoms. The first-order chi connectivity index (χ1) is 5.36. The van der Waals surface area contributed by atoms with Crippen LogP contribution in [0.25, 0.3) is 0 Å². The molecule has 11 heavy (non-hydrogen) atoms. The molecule has 0 spiro atoms. The summed E-state index contributed by atoms with van der Waals surface area (Å²) >= 11 is 0. The molecule has 2 unspecified atom stereocenters. The summed E-state index contributed by atoms with van der Waals surface area (Å²) < 4.78 is 10.7. The normalized spacial score (nSPS) is 25.1. The molecule has 0 aromatic rings. The van der Waals surface area contributed by atoms with Crippen molar-refractivity contribution in [1.82, 2.24) is 0 Å². The molecule has 0 radical (unpaired) electrons. The van der Waals surface area contributed by atoms with Crippen molar-refractivity contribution >= 4 is 0 Å². The third kappa shape index (κ3) is 3.73. The van der Waals surface area contributed by atoms with Gasteiger partial charge in [-0.15, -0.1) is 0 Å². The summed E-state index contributed by atoms with van der Waals surface area (Å²) in [6.45, 7) is 6.03. The summed E-state index contributed by atoms with van der Waals surface area (Å²) in [6, 6.07) is 0. The highest BCUT2D eigenvalue weighted by Gasteiger charge is 2.26. The molecular formula is C9H18O2. The molecule has 0 amide bonds. The second kappa shape index (κ2) is 4.73. The van der Waals surface area contributed by atoms with Gasteiger partial charge in [-0.1, -0.05) is 13.3 Å². The number of rotatable bonds is 6.